The Morgan fingerprint density at radius 3 is 2.22 bits per heavy atom. The molecule has 1 heterocycles. The van der Waals surface area contributed by atoms with Gasteiger partial charge in [0.15, 0.2) is 0 Å². The lowest BCUT2D eigenvalue weighted by Gasteiger charge is -2.55. The summed E-state index contributed by atoms with van der Waals surface area (Å²) >= 11 is 0. The standard InChI is InChI=1S/C17H21N3O3/c21-14-13(2-1-3-18-14)15(22)19-20-16(23)17-7-10-4-11(8-17)6-12(5-10)9-17/h1-3,10-12H,4-9H2,(H,18,21)(H,19,22)(H,20,23). The average Bonchev–Trinajstić information content (AvgIpc) is 2.51. The zero-order valence-electron chi connectivity index (χ0n) is 12.9. The summed E-state index contributed by atoms with van der Waals surface area (Å²) in [5.74, 6) is 1.33. The molecule has 3 N–H and O–H groups in total. The lowest BCUT2D eigenvalue weighted by atomic mass is 9.49. The number of hydrogen-bond acceptors (Lipinski definition) is 3. The molecular formula is C17H21N3O3. The summed E-state index contributed by atoms with van der Waals surface area (Å²) in [6, 6.07) is 3.02. The lowest BCUT2D eigenvalue weighted by Crippen LogP contribution is -2.57. The van der Waals surface area contributed by atoms with Crippen molar-refractivity contribution in [2.24, 2.45) is 23.2 Å². The number of pyridine rings is 1. The van der Waals surface area contributed by atoms with Gasteiger partial charge in [0.2, 0.25) is 5.91 Å². The van der Waals surface area contributed by atoms with Gasteiger partial charge in [-0.1, -0.05) is 0 Å². The molecular weight excluding hydrogens is 294 g/mol. The van der Waals surface area contributed by atoms with E-state index in [0.717, 1.165) is 19.3 Å². The molecule has 4 saturated carbocycles. The van der Waals surface area contributed by atoms with E-state index in [1.165, 1.54) is 31.5 Å². The zero-order chi connectivity index (χ0) is 16.0. The number of aromatic amines is 1. The number of nitrogens with one attached hydrogen (secondary N) is 3. The fourth-order valence-corrected chi connectivity index (χ4v) is 5.30. The van der Waals surface area contributed by atoms with E-state index in [1.807, 2.05) is 0 Å². The van der Waals surface area contributed by atoms with Crippen molar-refractivity contribution in [3.8, 4) is 0 Å². The maximum atomic E-state index is 12.7. The van der Waals surface area contributed by atoms with Crippen LogP contribution in [0, 0.1) is 23.2 Å². The van der Waals surface area contributed by atoms with Gasteiger partial charge in [-0.3, -0.25) is 25.2 Å². The predicted molar refractivity (Wildman–Crippen MR) is 83.3 cm³/mol. The van der Waals surface area contributed by atoms with Crippen LogP contribution in [0.4, 0.5) is 0 Å². The van der Waals surface area contributed by atoms with Gasteiger partial charge in [0.25, 0.3) is 11.5 Å². The third-order valence-corrected chi connectivity index (χ3v) is 5.87. The summed E-state index contributed by atoms with van der Waals surface area (Å²) in [7, 11) is 0. The average molecular weight is 315 g/mol. The second-order valence-corrected chi connectivity index (χ2v) is 7.52. The molecule has 0 saturated heterocycles. The molecule has 0 unspecified atom stereocenters. The Kier molecular flexibility index (Phi) is 3.28. The van der Waals surface area contributed by atoms with Crippen molar-refractivity contribution in [2.45, 2.75) is 38.5 Å². The minimum atomic E-state index is -0.579. The number of carbonyl (C=O) groups is 2. The summed E-state index contributed by atoms with van der Waals surface area (Å²) in [6.07, 6.45) is 8.06. The quantitative estimate of drug-likeness (QED) is 0.720. The van der Waals surface area contributed by atoms with Crippen molar-refractivity contribution in [3.63, 3.8) is 0 Å². The number of hydrogen-bond donors (Lipinski definition) is 3. The first-order chi connectivity index (χ1) is 11.1. The van der Waals surface area contributed by atoms with E-state index in [2.05, 4.69) is 15.8 Å². The molecule has 4 aliphatic carbocycles. The Labute approximate surface area is 134 Å². The number of amides is 2. The van der Waals surface area contributed by atoms with Gasteiger partial charge >= 0.3 is 0 Å². The molecule has 1 aromatic heterocycles. The topological polar surface area (TPSA) is 91.1 Å². The molecule has 0 spiro atoms. The Bertz CT molecular complexity index is 674. The van der Waals surface area contributed by atoms with Crippen LogP contribution < -0.4 is 16.4 Å². The number of rotatable bonds is 2. The highest BCUT2D eigenvalue weighted by molar-refractivity contribution is 5.95. The highest BCUT2D eigenvalue weighted by atomic mass is 16.2. The molecule has 4 aliphatic rings. The van der Waals surface area contributed by atoms with Gasteiger partial charge in [-0.15, -0.1) is 0 Å². The molecule has 5 rings (SSSR count). The van der Waals surface area contributed by atoms with Crippen LogP contribution in [0.3, 0.4) is 0 Å². The van der Waals surface area contributed by atoms with Crippen LogP contribution in [0.15, 0.2) is 23.1 Å². The first-order valence-corrected chi connectivity index (χ1v) is 8.34. The van der Waals surface area contributed by atoms with Crippen molar-refractivity contribution in [1.29, 1.82) is 0 Å². The van der Waals surface area contributed by atoms with E-state index in [4.69, 9.17) is 0 Å². The van der Waals surface area contributed by atoms with Gasteiger partial charge in [0, 0.05) is 6.20 Å². The van der Waals surface area contributed by atoms with E-state index in [9.17, 15) is 14.4 Å². The van der Waals surface area contributed by atoms with Gasteiger partial charge in [-0.05, 0) is 68.4 Å². The summed E-state index contributed by atoms with van der Waals surface area (Å²) in [4.78, 5) is 38.8. The predicted octanol–water partition coefficient (Wildman–Crippen LogP) is 1.35. The number of hydrazine groups is 1. The van der Waals surface area contributed by atoms with E-state index in [-0.39, 0.29) is 16.9 Å². The number of carbonyl (C=O) groups excluding carboxylic acids is 2. The Morgan fingerprint density at radius 1 is 1.04 bits per heavy atom. The third-order valence-electron chi connectivity index (χ3n) is 5.87. The Balaban J connectivity index is 1.44. The molecule has 1 aromatic rings. The fraction of sp³-hybridized carbons (Fsp3) is 0.588. The Morgan fingerprint density at radius 2 is 1.65 bits per heavy atom. The van der Waals surface area contributed by atoms with Crippen LogP contribution in [-0.4, -0.2) is 16.8 Å². The monoisotopic (exact) mass is 315 g/mol. The van der Waals surface area contributed by atoms with Crippen LogP contribution >= 0.6 is 0 Å². The molecule has 23 heavy (non-hydrogen) atoms. The molecule has 4 fully saturated rings. The smallest absolute Gasteiger partial charge is 0.275 e. The van der Waals surface area contributed by atoms with Crippen LogP contribution in [0.1, 0.15) is 48.9 Å². The fourth-order valence-electron chi connectivity index (χ4n) is 5.30. The molecule has 6 nitrogen and oxygen atoms in total. The molecule has 0 atom stereocenters. The SMILES string of the molecule is O=C(NNC(=O)C12CC3CC(CC(C3)C1)C2)c1ccc[nH]c1=O. The molecule has 0 aromatic carbocycles. The molecule has 4 bridgehead atoms. The van der Waals surface area contributed by atoms with Crippen LogP contribution in [0.5, 0.6) is 0 Å². The van der Waals surface area contributed by atoms with E-state index < -0.39 is 11.5 Å². The van der Waals surface area contributed by atoms with Gasteiger partial charge < -0.3 is 4.98 Å². The van der Waals surface area contributed by atoms with Gasteiger partial charge in [-0.25, -0.2) is 0 Å². The normalized spacial score (nSPS) is 34.2. The van der Waals surface area contributed by atoms with Gasteiger partial charge in [0.05, 0.1) is 5.41 Å². The summed E-state index contributed by atoms with van der Waals surface area (Å²) in [6.45, 7) is 0. The minimum Gasteiger partial charge on any atom is -0.328 e. The van der Waals surface area contributed by atoms with Crippen molar-refractivity contribution in [2.75, 3.05) is 0 Å². The van der Waals surface area contributed by atoms with Gasteiger partial charge in [-0.2, -0.15) is 0 Å². The van der Waals surface area contributed by atoms with E-state index in [1.54, 1.807) is 6.07 Å². The van der Waals surface area contributed by atoms with Crippen LogP contribution in [-0.2, 0) is 4.79 Å². The van der Waals surface area contributed by atoms with Crippen molar-refractivity contribution in [3.05, 3.63) is 34.2 Å². The molecule has 122 valence electrons. The van der Waals surface area contributed by atoms with Crippen molar-refractivity contribution in [1.82, 2.24) is 15.8 Å². The molecule has 6 heteroatoms. The molecule has 0 radical (unpaired) electrons. The Hall–Kier alpha value is -2.11. The van der Waals surface area contributed by atoms with Crippen molar-refractivity contribution >= 4 is 11.8 Å². The maximum Gasteiger partial charge on any atom is 0.275 e. The second-order valence-electron chi connectivity index (χ2n) is 7.52. The van der Waals surface area contributed by atoms with Crippen LogP contribution in [0.2, 0.25) is 0 Å². The lowest BCUT2D eigenvalue weighted by molar-refractivity contribution is -0.147. The van der Waals surface area contributed by atoms with Crippen molar-refractivity contribution < 1.29 is 9.59 Å². The first-order valence-electron chi connectivity index (χ1n) is 8.34. The highest BCUT2D eigenvalue weighted by Crippen LogP contribution is 2.59. The minimum absolute atomic E-state index is 0.00156. The first kappa shape index (κ1) is 14.5. The largest absolute Gasteiger partial charge is 0.328 e. The number of aromatic nitrogens is 1. The van der Waals surface area contributed by atoms with Gasteiger partial charge in [0.1, 0.15) is 5.56 Å². The highest BCUT2D eigenvalue weighted by Gasteiger charge is 2.54. The van der Waals surface area contributed by atoms with E-state index in [0.29, 0.717) is 17.8 Å². The molecule has 2 amide bonds. The van der Waals surface area contributed by atoms with Crippen LogP contribution in [0.25, 0.3) is 0 Å². The number of H-pyrrole nitrogens is 1. The molecule has 0 aliphatic heterocycles. The summed E-state index contributed by atoms with van der Waals surface area (Å²) in [5.41, 5.74) is 4.20. The summed E-state index contributed by atoms with van der Waals surface area (Å²) < 4.78 is 0. The maximum absolute atomic E-state index is 12.7. The summed E-state index contributed by atoms with van der Waals surface area (Å²) in [5, 5.41) is 0. The van der Waals surface area contributed by atoms with E-state index >= 15 is 0 Å². The third kappa shape index (κ3) is 2.46. The zero-order valence-corrected chi connectivity index (χ0v) is 12.9. The second kappa shape index (κ2) is 5.22.